The summed E-state index contributed by atoms with van der Waals surface area (Å²) in [5.41, 5.74) is 7.17. The Morgan fingerprint density at radius 1 is 0.652 bits per heavy atom. The SMILES string of the molecule is CCCc1ccc2cccc3c2c1-c1cc2ccccc2cc1-3. The predicted octanol–water partition coefficient (Wildman–Crippen LogP) is 6.59. The van der Waals surface area contributed by atoms with Crippen LogP contribution in [0.3, 0.4) is 0 Å². The summed E-state index contributed by atoms with van der Waals surface area (Å²) in [5, 5.41) is 5.47. The maximum Gasteiger partial charge on any atom is -0.00236 e. The summed E-state index contributed by atoms with van der Waals surface area (Å²) in [5.74, 6) is 0. The quantitative estimate of drug-likeness (QED) is 0.344. The van der Waals surface area contributed by atoms with Crippen LogP contribution in [0.5, 0.6) is 0 Å². The minimum Gasteiger partial charge on any atom is -0.0651 e. The van der Waals surface area contributed by atoms with Crippen molar-refractivity contribution in [3.05, 3.63) is 72.3 Å². The summed E-state index contributed by atoms with van der Waals surface area (Å²) in [6, 6.07) is 24.8. The number of hydrogen-bond donors (Lipinski definition) is 0. The zero-order valence-corrected chi connectivity index (χ0v) is 13.3. The minimum atomic E-state index is 1.14. The van der Waals surface area contributed by atoms with Crippen LogP contribution in [-0.2, 0) is 6.42 Å². The third-order valence-electron chi connectivity index (χ3n) is 5.10. The Morgan fingerprint density at radius 2 is 1.39 bits per heavy atom. The molecule has 0 fully saturated rings. The first-order chi connectivity index (χ1) is 11.4. The molecule has 0 heteroatoms. The van der Waals surface area contributed by atoms with Gasteiger partial charge in [0.1, 0.15) is 0 Å². The Labute approximate surface area is 136 Å². The number of aryl methyl sites for hydroxylation is 1. The van der Waals surface area contributed by atoms with Crippen LogP contribution < -0.4 is 0 Å². The molecule has 0 saturated heterocycles. The Hall–Kier alpha value is -2.60. The molecule has 0 aromatic heterocycles. The lowest BCUT2D eigenvalue weighted by molar-refractivity contribution is 0.925. The normalized spacial score (nSPS) is 12.0. The third-order valence-corrected chi connectivity index (χ3v) is 5.10. The second-order valence-corrected chi connectivity index (χ2v) is 6.50. The van der Waals surface area contributed by atoms with E-state index < -0.39 is 0 Å². The van der Waals surface area contributed by atoms with Crippen molar-refractivity contribution in [1.82, 2.24) is 0 Å². The summed E-state index contributed by atoms with van der Waals surface area (Å²) < 4.78 is 0. The fourth-order valence-corrected chi connectivity index (χ4v) is 4.10. The molecular formula is C23H18. The smallest absolute Gasteiger partial charge is 0.00236 e. The van der Waals surface area contributed by atoms with E-state index in [0.717, 1.165) is 6.42 Å². The molecule has 1 aliphatic carbocycles. The van der Waals surface area contributed by atoms with Crippen LogP contribution in [0.2, 0.25) is 0 Å². The van der Waals surface area contributed by atoms with Gasteiger partial charge in [0.15, 0.2) is 0 Å². The van der Waals surface area contributed by atoms with E-state index >= 15 is 0 Å². The summed E-state index contributed by atoms with van der Waals surface area (Å²) >= 11 is 0. The van der Waals surface area contributed by atoms with Gasteiger partial charge in [0, 0.05) is 0 Å². The van der Waals surface area contributed by atoms with Gasteiger partial charge in [-0.2, -0.15) is 0 Å². The van der Waals surface area contributed by atoms with Crippen LogP contribution in [0.25, 0.3) is 43.8 Å². The first-order valence-corrected chi connectivity index (χ1v) is 8.45. The lowest BCUT2D eigenvalue weighted by Crippen LogP contribution is -1.88. The summed E-state index contributed by atoms with van der Waals surface area (Å²) in [7, 11) is 0. The molecule has 0 spiro atoms. The zero-order chi connectivity index (χ0) is 15.4. The molecule has 23 heavy (non-hydrogen) atoms. The second kappa shape index (κ2) is 4.70. The van der Waals surface area contributed by atoms with Crippen molar-refractivity contribution in [1.29, 1.82) is 0 Å². The zero-order valence-electron chi connectivity index (χ0n) is 13.3. The van der Waals surface area contributed by atoms with Crippen molar-refractivity contribution in [2.75, 3.05) is 0 Å². The molecule has 0 N–H and O–H groups in total. The maximum atomic E-state index is 2.39. The van der Waals surface area contributed by atoms with E-state index in [2.05, 4.69) is 73.7 Å². The Balaban J connectivity index is 1.96. The number of rotatable bonds is 2. The van der Waals surface area contributed by atoms with E-state index in [4.69, 9.17) is 0 Å². The highest BCUT2D eigenvalue weighted by Crippen LogP contribution is 2.50. The van der Waals surface area contributed by atoms with Gasteiger partial charge >= 0.3 is 0 Å². The van der Waals surface area contributed by atoms with Gasteiger partial charge in [-0.25, -0.2) is 0 Å². The lowest BCUT2D eigenvalue weighted by Gasteiger charge is -2.10. The monoisotopic (exact) mass is 294 g/mol. The second-order valence-electron chi connectivity index (χ2n) is 6.50. The molecule has 4 aromatic rings. The topological polar surface area (TPSA) is 0 Å². The van der Waals surface area contributed by atoms with Gasteiger partial charge in [-0.3, -0.25) is 0 Å². The van der Waals surface area contributed by atoms with Gasteiger partial charge in [-0.1, -0.05) is 67.9 Å². The Kier molecular flexibility index (Phi) is 2.63. The van der Waals surface area contributed by atoms with E-state index in [0.29, 0.717) is 0 Å². The first kappa shape index (κ1) is 12.9. The molecule has 1 aliphatic rings. The van der Waals surface area contributed by atoms with Crippen molar-refractivity contribution >= 4 is 21.5 Å². The highest BCUT2D eigenvalue weighted by atomic mass is 14.3. The standard InChI is InChI=1S/C23H18/c1-2-6-15-11-12-16-9-5-10-19-20-13-17-7-3-4-8-18(17)14-21(20)23(15)22(16)19/h3-5,7-14H,2,6H2,1H3. The molecule has 0 unspecified atom stereocenters. The van der Waals surface area contributed by atoms with Crippen LogP contribution in [0.1, 0.15) is 18.9 Å². The van der Waals surface area contributed by atoms with Crippen molar-refractivity contribution in [3.63, 3.8) is 0 Å². The highest BCUT2D eigenvalue weighted by molar-refractivity contribution is 6.18. The number of hydrogen-bond acceptors (Lipinski definition) is 0. The molecule has 0 amide bonds. The van der Waals surface area contributed by atoms with E-state index in [1.165, 1.54) is 55.8 Å². The van der Waals surface area contributed by atoms with Crippen LogP contribution >= 0.6 is 0 Å². The predicted molar refractivity (Wildman–Crippen MR) is 99.9 cm³/mol. The lowest BCUT2D eigenvalue weighted by atomic mass is 9.94. The molecule has 110 valence electrons. The minimum absolute atomic E-state index is 1.14. The molecule has 5 rings (SSSR count). The fraction of sp³-hybridized carbons (Fsp3) is 0.130. The van der Waals surface area contributed by atoms with E-state index in [1.54, 1.807) is 0 Å². The summed E-state index contributed by atoms with van der Waals surface area (Å²) in [6.07, 6.45) is 2.33. The highest BCUT2D eigenvalue weighted by Gasteiger charge is 2.23. The Morgan fingerprint density at radius 3 is 2.17 bits per heavy atom. The van der Waals surface area contributed by atoms with E-state index in [9.17, 15) is 0 Å². The van der Waals surface area contributed by atoms with Crippen LogP contribution in [-0.4, -0.2) is 0 Å². The maximum absolute atomic E-state index is 2.39. The fourth-order valence-electron chi connectivity index (χ4n) is 4.10. The molecule has 0 heterocycles. The third kappa shape index (κ3) is 1.72. The van der Waals surface area contributed by atoms with Crippen molar-refractivity contribution in [2.24, 2.45) is 0 Å². The van der Waals surface area contributed by atoms with Gasteiger partial charge in [0.2, 0.25) is 0 Å². The number of benzene rings is 4. The average Bonchev–Trinajstić information content (AvgIpc) is 2.91. The number of fused-ring (bicyclic) bond motifs is 4. The largest absolute Gasteiger partial charge is 0.0651 e. The van der Waals surface area contributed by atoms with Gasteiger partial charge in [0.05, 0.1) is 0 Å². The van der Waals surface area contributed by atoms with Crippen LogP contribution in [0, 0.1) is 0 Å². The molecule has 0 bridgehead atoms. The van der Waals surface area contributed by atoms with Crippen LogP contribution in [0.4, 0.5) is 0 Å². The van der Waals surface area contributed by atoms with Gasteiger partial charge < -0.3 is 0 Å². The Bertz CT molecular complexity index is 1070. The molecule has 0 radical (unpaired) electrons. The molecule has 4 aromatic carbocycles. The van der Waals surface area contributed by atoms with E-state index in [1.807, 2.05) is 0 Å². The summed E-state index contributed by atoms with van der Waals surface area (Å²) in [4.78, 5) is 0. The molecule has 0 nitrogen and oxygen atoms in total. The van der Waals surface area contributed by atoms with Gasteiger partial charge in [0.25, 0.3) is 0 Å². The van der Waals surface area contributed by atoms with E-state index in [-0.39, 0.29) is 0 Å². The van der Waals surface area contributed by atoms with Crippen LogP contribution in [0.15, 0.2) is 66.7 Å². The molecule has 0 aliphatic heterocycles. The molecule has 0 atom stereocenters. The van der Waals surface area contributed by atoms with Crippen molar-refractivity contribution in [2.45, 2.75) is 19.8 Å². The van der Waals surface area contributed by atoms with Crippen molar-refractivity contribution in [3.8, 4) is 22.3 Å². The molecule has 0 saturated carbocycles. The first-order valence-electron chi connectivity index (χ1n) is 8.45. The molecular weight excluding hydrogens is 276 g/mol. The van der Waals surface area contributed by atoms with Gasteiger partial charge in [-0.05, 0) is 67.9 Å². The summed E-state index contributed by atoms with van der Waals surface area (Å²) in [6.45, 7) is 2.26. The van der Waals surface area contributed by atoms with Crippen molar-refractivity contribution < 1.29 is 0 Å². The average molecular weight is 294 g/mol. The van der Waals surface area contributed by atoms with Gasteiger partial charge in [-0.15, -0.1) is 0 Å².